The van der Waals surface area contributed by atoms with Crippen LogP contribution >= 0.6 is 0 Å². The third-order valence-electron chi connectivity index (χ3n) is 6.69. The molecule has 1 N–H and O–H groups in total. The Morgan fingerprint density at radius 2 is 1.61 bits per heavy atom. The number of hydrogen-bond donors (Lipinski definition) is 1. The van der Waals surface area contributed by atoms with E-state index in [9.17, 15) is 14.4 Å². The van der Waals surface area contributed by atoms with Crippen LogP contribution in [0.2, 0.25) is 0 Å². The largest absolute Gasteiger partial charge is 0.494 e. The van der Waals surface area contributed by atoms with Gasteiger partial charge in [-0.15, -0.1) is 0 Å². The van der Waals surface area contributed by atoms with E-state index in [0.717, 1.165) is 12.2 Å². The zero-order valence-electron chi connectivity index (χ0n) is 19.3. The number of carbonyl (C=O) groups excluding carboxylic acids is 3. The molecule has 3 fully saturated rings. The van der Waals surface area contributed by atoms with E-state index in [1.54, 1.807) is 17.0 Å². The lowest BCUT2D eigenvalue weighted by Crippen LogP contribution is -2.52. The van der Waals surface area contributed by atoms with Gasteiger partial charge in [-0.25, -0.2) is 4.79 Å². The minimum atomic E-state index is -0.445. The lowest BCUT2D eigenvalue weighted by Gasteiger charge is -2.37. The SMILES string of the molecule is CCOc1ccc(NC(=O)N2CCC[C@H]2C(=O)N2CCC(C(=O)N3CCOCC3)CC2)cc1. The van der Waals surface area contributed by atoms with Crippen molar-refractivity contribution < 1.29 is 23.9 Å². The first-order valence-corrected chi connectivity index (χ1v) is 12.0. The zero-order valence-corrected chi connectivity index (χ0v) is 19.3. The van der Waals surface area contributed by atoms with Gasteiger partial charge in [0.2, 0.25) is 11.8 Å². The maximum absolute atomic E-state index is 13.2. The van der Waals surface area contributed by atoms with Gasteiger partial charge in [-0.3, -0.25) is 9.59 Å². The molecular formula is C24H34N4O5. The summed E-state index contributed by atoms with van der Waals surface area (Å²) in [6.45, 7) is 6.68. The molecule has 0 aliphatic carbocycles. The van der Waals surface area contributed by atoms with Crippen molar-refractivity contribution in [2.75, 3.05) is 57.9 Å². The number of carbonyl (C=O) groups is 3. The summed E-state index contributed by atoms with van der Waals surface area (Å²) in [6, 6.07) is 6.52. The first-order chi connectivity index (χ1) is 16.1. The summed E-state index contributed by atoms with van der Waals surface area (Å²) < 4.78 is 10.8. The summed E-state index contributed by atoms with van der Waals surface area (Å²) in [5, 5.41) is 2.90. The Labute approximate surface area is 195 Å². The Morgan fingerprint density at radius 1 is 0.939 bits per heavy atom. The van der Waals surface area contributed by atoms with Gasteiger partial charge in [-0.1, -0.05) is 0 Å². The molecule has 3 aliphatic rings. The Morgan fingerprint density at radius 3 is 2.27 bits per heavy atom. The van der Waals surface area contributed by atoms with E-state index >= 15 is 0 Å². The molecule has 180 valence electrons. The first kappa shape index (κ1) is 23.4. The van der Waals surface area contributed by atoms with Crippen LogP contribution in [0.4, 0.5) is 10.5 Å². The minimum absolute atomic E-state index is 0.00776. The Hall–Kier alpha value is -2.81. The minimum Gasteiger partial charge on any atom is -0.494 e. The molecule has 9 nitrogen and oxygen atoms in total. The third-order valence-corrected chi connectivity index (χ3v) is 6.69. The van der Waals surface area contributed by atoms with Gasteiger partial charge in [0.25, 0.3) is 0 Å². The number of nitrogens with one attached hydrogen (secondary N) is 1. The maximum atomic E-state index is 13.2. The molecule has 9 heteroatoms. The highest BCUT2D eigenvalue weighted by atomic mass is 16.5. The number of rotatable bonds is 5. The van der Waals surface area contributed by atoms with Gasteiger partial charge in [-0.2, -0.15) is 0 Å². The fraction of sp³-hybridized carbons (Fsp3) is 0.625. The maximum Gasteiger partial charge on any atom is 0.322 e. The molecule has 4 rings (SSSR count). The molecule has 0 bridgehead atoms. The molecule has 1 atom stereocenters. The second-order valence-electron chi connectivity index (χ2n) is 8.78. The van der Waals surface area contributed by atoms with Crippen LogP contribution in [0.5, 0.6) is 5.75 Å². The molecular weight excluding hydrogens is 424 g/mol. The number of morpholine rings is 1. The number of ether oxygens (including phenoxy) is 2. The van der Waals surface area contributed by atoms with Gasteiger partial charge in [-0.05, 0) is 56.9 Å². The number of nitrogens with zero attached hydrogens (tertiary/aromatic N) is 3. The summed E-state index contributed by atoms with van der Waals surface area (Å²) >= 11 is 0. The van der Waals surface area contributed by atoms with Gasteiger partial charge in [0, 0.05) is 44.3 Å². The number of urea groups is 1. The predicted octanol–water partition coefficient (Wildman–Crippen LogP) is 2.18. The highest BCUT2D eigenvalue weighted by molar-refractivity contribution is 5.94. The first-order valence-electron chi connectivity index (χ1n) is 12.0. The van der Waals surface area contributed by atoms with E-state index in [0.29, 0.717) is 77.5 Å². The van der Waals surface area contributed by atoms with Crippen molar-refractivity contribution in [1.82, 2.24) is 14.7 Å². The van der Waals surface area contributed by atoms with Gasteiger partial charge in [0.05, 0.1) is 19.8 Å². The van der Waals surface area contributed by atoms with Crippen LogP contribution in [0.15, 0.2) is 24.3 Å². The van der Waals surface area contributed by atoms with Crippen LogP contribution in [0.1, 0.15) is 32.6 Å². The van der Waals surface area contributed by atoms with Crippen molar-refractivity contribution in [2.45, 2.75) is 38.6 Å². The second-order valence-corrected chi connectivity index (χ2v) is 8.78. The quantitative estimate of drug-likeness (QED) is 0.730. The molecule has 33 heavy (non-hydrogen) atoms. The number of anilines is 1. The molecule has 3 aliphatic heterocycles. The van der Waals surface area contributed by atoms with Gasteiger partial charge < -0.3 is 29.5 Å². The van der Waals surface area contributed by atoms with Crippen molar-refractivity contribution in [1.29, 1.82) is 0 Å². The van der Waals surface area contributed by atoms with Crippen molar-refractivity contribution in [3.63, 3.8) is 0 Å². The molecule has 1 aromatic carbocycles. The lowest BCUT2D eigenvalue weighted by atomic mass is 9.94. The molecule has 3 heterocycles. The molecule has 3 saturated heterocycles. The van der Waals surface area contributed by atoms with Crippen LogP contribution in [-0.4, -0.2) is 91.1 Å². The van der Waals surface area contributed by atoms with Crippen molar-refractivity contribution >= 4 is 23.5 Å². The second kappa shape index (κ2) is 10.9. The third kappa shape index (κ3) is 5.58. The van der Waals surface area contributed by atoms with Gasteiger partial charge in [0.15, 0.2) is 0 Å². The fourth-order valence-electron chi connectivity index (χ4n) is 4.86. The average Bonchev–Trinajstić information content (AvgIpc) is 3.35. The zero-order chi connectivity index (χ0) is 23.2. The fourth-order valence-corrected chi connectivity index (χ4v) is 4.86. The van der Waals surface area contributed by atoms with Gasteiger partial charge in [0.1, 0.15) is 11.8 Å². The number of hydrogen-bond acceptors (Lipinski definition) is 5. The van der Waals surface area contributed by atoms with E-state index in [1.165, 1.54) is 0 Å². The number of amides is 4. The topological polar surface area (TPSA) is 91.4 Å². The van der Waals surface area contributed by atoms with Crippen LogP contribution in [0, 0.1) is 5.92 Å². The monoisotopic (exact) mass is 458 g/mol. The van der Waals surface area contributed by atoms with E-state index in [1.807, 2.05) is 28.9 Å². The molecule has 0 radical (unpaired) electrons. The molecule has 0 aromatic heterocycles. The number of likely N-dealkylation sites (tertiary alicyclic amines) is 2. The summed E-state index contributed by atoms with van der Waals surface area (Å²) in [4.78, 5) is 44.2. The highest BCUT2D eigenvalue weighted by Crippen LogP contribution is 2.26. The van der Waals surface area contributed by atoms with E-state index < -0.39 is 6.04 Å². The van der Waals surface area contributed by atoms with Crippen molar-refractivity contribution in [3.05, 3.63) is 24.3 Å². The molecule has 1 aromatic rings. The average molecular weight is 459 g/mol. The van der Waals surface area contributed by atoms with Crippen LogP contribution < -0.4 is 10.1 Å². The van der Waals surface area contributed by atoms with Crippen LogP contribution in [0.25, 0.3) is 0 Å². The lowest BCUT2D eigenvalue weighted by molar-refractivity contribution is -0.144. The summed E-state index contributed by atoms with van der Waals surface area (Å²) in [5.41, 5.74) is 0.670. The normalized spacial score (nSPS) is 21.7. The van der Waals surface area contributed by atoms with E-state index in [4.69, 9.17) is 9.47 Å². The smallest absolute Gasteiger partial charge is 0.322 e. The summed E-state index contributed by atoms with van der Waals surface area (Å²) in [7, 11) is 0. The predicted molar refractivity (Wildman–Crippen MR) is 123 cm³/mol. The number of benzene rings is 1. The van der Waals surface area contributed by atoms with Crippen LogP contribution in [-0.2, 0) is 14.3 Å². The molecule has 0 saturated carbocycles. The summed E-state index contributed by atoms with van der Waals surface area (Å²) in [6.07, 6.45) is 2.82. The standard InChI is InChI=1S/C24H34N4O5/c1-2-33-20-7-5-19(6-8-20)25-24(31)28-11-3-4-21(28)23(30)26-12-9-18(10-13-26)22(29)27-14-16-32-17-15-27/h5-8,18,21H,2-4,9-17H2,1H3,(H,25,31)/t21-/m0/s1. The van der Waals surface area contributed by atoms with E-state index in [2.05, 4.69) is 5.32 Å². The summed E-state index contributed by atoms with van der Waals surface area (Å²) in [5.74, 6) is 0.893. The van der Waals surface area contributed by atoms with Crippen LogP contribution in [0.3, 0.4) is 0 Å². The molecule has 0 spiro atoms. The molecule has 4 amide bonds. The Bertz CT molecular complexity index is 832. The van der Waals surface area contributed by atoms with Crippen molar-refractivity contribution in [2.24, 2.45) is 5.92 Å². The Kier molecular flexibility index (Phi) is 7.69. The van der Waals surface area contributed by atoms with E-state index in [-0.39, 0.29) is 23.8 Å². The molecule has 0 unspecified atom stereocenters. The number of piperidine rings is 1. The Balaban J connectivity index is 1.29. The van der Waals surface area contributed by atoms with Crippen molar-refractivity contribution in [3.8, 4) is 5.75 Å². The van der Waals surface area contributed by atoms with Gasteiger partial charge >= 0.3 is 6.03 Å². The highest BCUT2D eigenvalue weighted by Gasteiger charge is 2.39.